The minimum Gasteiger partial charge on any atom is -0.463 e. The lowest BCUT2D eigenvalue weighted by atomic mass is 10.1. The van der Waals surface area contributed by atoms with E-state index < -0.39 is 387 Å². The fourth-order valence-corrected chi connectivity index (χ4v) is 12.8. The van der Waals surface area contributed by atoms with Gasteiger partial charge in [0.1, 0.15) is 115 Å². The molecule has 8 fully saturated rings. The molecule has 8 saturated heterocycles. The van der Waals surface area contributed by atoms with E-state index in [-0.39, 0.29) is 169 Å². The van der Waals surface area contributed by atoms with Gasteiger partial charge in [0.25, 0.3) is 94.5 Å². The Hall–Kier alpha value is -13.8. The fourth-order valence-electron chi connectivity index (χ4n) is 12.8. The molecule has 6 unspecified atom stereocenters. The molecule has 794 valence electrons. The summed E-state index contributed by atoms with van der Waals surface area (Å²) in [6.45, 7) is -16.0. The molecule has 8 rings (SSSR count). The molecular weight excluding hydrogens is 1960 g/mol. The van der Waals surface area contributed by atoms with Crippen LogP contribution in [0.25, 0.3) is 0 Å². The Morgan fingerprint density at radius 3 is 0.542 bits per heavy atom. The molecule has 6 atom stereocenters. The maximum absolute atomic E-state index is 13.1. The predicted molar refractivity (Wildman–Crippen MR) is 434 cm³/mol. The Balaban J connectivity index is 1.03. The highest BCUT2D eigenvalue weighted by Gasteiger charge is 2.43. The molecule has 16 amide bonds. The third-order valence-corrected chi connectivity index (χ3v) is 19.6. The lowest BCUT2D eigenvalue weighted by Crippen LogP contribution is -2.48. The van der Waals surface area contributed by atoms with E-state index in [0.29, 0.717) is 0 Å². The number of unbranched alkanes of at least 4 members (excludes halogenated alkanes) is 1. The van der Waals surface area contributed by atoms with Crippen LogP contribution in [0.2, 0.25) is 0 Å². The number of nitrogens with zero attached hydrogens (tertiary/aromatic N) is 8. The van der Waals surface area contributed by atoms with Crippen molar-refractivity contribution in [3.05, 3.63) is 0 Å². The van der Waals surface area contributed by atoms with E-state index in [1.165, 1.54) is 0 Å². The van der Waals surface area contributed by atoms with E-state index in [0.717, 1.165) is 0 Å². The van der Waals surface area contributed by atoms with Gasteiger partial charge in [0.05, 0.1) is 106 Å². The maximum atomic E-state index is 13.1. The third kappa shape index (κ3) is 40.2. The first-order valence-corrected chi connectivity index (χ1v) is 44.5. The van der Waals surface area contributed by atoms with Gasteiger partial charge in [-0.2, -0.15) is 0 Å². The van der Waals surface area contributed by atoms with E-state index in [4.69, 9.17) is 124 Å². The monoisotopic (exact) mass is 2060 g/mol. The van der Waals surface area contributed by atoms with Crippen LogP contribution in [0, 0.1) is 0 Å². The molecule has 0 radical (unpaired) electrons. The summed E-state index contributed by atoms with van der Waals surface area (Å²) in [4.78, 5) is 387. The van der Waals surface area contributed by atoms with Gasteiger partial charge in [-0.25, -0.2) is 38.4 Å². The van der Waals surface area contributed by atoms with Gasteiger partial charge in [0, 0.05) is 116 Å². The second kappa shape index (κ2) is 61.2. The van der Waals surface area contributed by atoms with Gasteiger partial charge >= 0.3 is 71.6 Å². The van der Waals surface area contributed by atoms with Crippen molar-refractivity contribution in [2.45, 2.75) is 178 Å². The first-order valence-electron chi connectivity index (χ1n) is 44.5. The molecule has 62 nitrogen and oxygen atoms in total. The number of carbonyl (C=O) groups excluding carboxylic acids is 28. The molecule has 0 aliphatic carbocycles. The van der Waals surface area contributed by atoms with E-state index in [1.54, 1.807) is 0 Å². The summed E-state index contributed by atoms with van der Waals surface area (Å²) in [5, 5.41) is 1.74. The first kappa shape index (κ1) is 115. The second-order valence-corrected chi connectivity index (χ2v) is 30.5. The van der Waals surface area contributed by atoms with E-state index >= 15 is 0 Å². The molecule has 8 heterocycles. The van der Waals surface area contributed by atoms with Crippen molar-refractivity contribution < 1.29 is 258 Å². The molecule has 0 aromatic rings. The third-order valence-electron chi connectivity index (χ3n) is 19.6. The number of hydroxylamine groups is 16. The van der Waals surface area contributed by atoms with Crippen LogP contribution in [-0.2, 0) is 258 Å². The van der Waals surface area contributed by atoms with Crippen LogP contribution in [0.3, 0.4) is 0 Å². The standard InChI is InChI=1S/C82H102N8O54/c91-53-3-4-54(92)83(53)137-73(111)37-69(107)131-29-25-122-44-52(130-32-34-133-71(109)39-75(113)139-85-57(95)7-8-58(85)96)82(136-36-35-134-72(110)40-76(114)140-86-59(97)9-10-60(86)98)50(129-31-33-132-70(108)38-74(112)138-84-55(93)5-6-56(84)94)42-120-20-2-1-19-119-41-49(127-27-23-124-46-78(116)142-88-63(101)13-14-64(88)102)81(135-30-26-126-48-80(118)144-90-67(105)17-18-68(90)106)51(128-28-24-125-47-79(117)143-89-65(103)15-16-66(89)104)43-121-21-22-123-45-77(115)141-87-61(99)11-12-62(87)100/h49-52,81-82H,1-48H2. The van der Waals surface area contributed by atoms with Crippen molar-refractivity contribution in [3.8, 4) is 0 Å². The van der Waals surface area contributed by atoms with Crippen LogP contribution in [0.15, 0.2) is 0 Å². The highest BCUT2D eigenvalue weighted by atomic mass is 16.8. The molecule has 62 heteroatoms. The van der Waals surface area contributed by atoms with E-state index in [2.05, 4.69) is 0 Å². The van der Waals surface area contributed by atoms with Crippen LogP contribution in [-0.4, -0.2) is 415 Å². The van der Waals surface area contributed by atoms with Gasteiger partial charge < -0.3 is 124 Å². The molecule has 0 aromatic carbocycles. The molecule has 0 aromatic heterocycles. The van der Waals surface area contributed by atoms with Crippen molar-refractivity contribution in [2.24, 2.45) is 0 Å². The zero-order valence-corrected chi connectivity index (χ0v) is 77.0. The maximum Gasteiger partial charge on any atom is 0.358 e. The summed E-state index contributed by atoms with van der Waals surface area (Å²) >= 11 is 0. The largest absolute Gasteiger partial charge is 0.463 e. The topological polar surface area (TPSA) is 744 Å². The van der Waals surface area contributed by atoms with Gasteiger partial charge in [-0.1, -0.05) is 0 Å². The normalized spacial score (nSPS) is 17.3. The zero-order chi connectivity index (χ0) is 105. The molecule has 0 saturated carbocycles. The molecule has 8 aliphatic heterocycles. The van der Waals surface area contributed by atoms with Crippen molar-refractivity contribution in [1.82, 2.24) is 40.5 Å². The van der Waals surface area contributed by atoms with Crippen molar-refractivity contribution in [1.29, 1.82) is 0 Å². The fraction of sp³-hybridized carbons (Fsp3) is 0.659. The molecule has 0 N–H and O–H groups in total. The molecule has 144 heavy (non-hydrogen) atoms. The van der Waals surface area contributed by atoms with E-state index in [1.807, 2.05) is 0 Å². The van der Waals surface area contributed by atoms with Gasteiger partial charge in [-0.05, 0) is 12.8 Å². The molecule has 0 bridgehead atoms. The van der Waals surface area contributed by atoms with Crippen LogP contribution in [0.4, 0.5) is 0 Å². The van der Waals surface area contributed by atoms with Crippen LogP contribution in [0.1, 0.15) is 141 Å². The van der Waals surface area contributed by atoms with Crippen molar-refractivity contribution in [3.63, 3.8) is 0 Å². The highest BCUT2D eigenvalue weighted by molar-refractivity contribution is 6.07. The quantitative estimate of drug-likeness (QED) is 0.0179. The lowest BCUT2D eigenvalue weighted by molar-refractivity contribution is -0.203. The van der Waals surface area contributed by atoms with Gasteiger partial charge in [0.15, 0.2) is 0 Å². The summed E-state index contributed by atoms with van der Waals surface area (Å²) in [6.07, 6.45) is -18.3. The van der Waals surface area contributed by atoms with Crippen molar-refractivity contribution in [2.75, 3.05) is 172 Å². The summed E-state index contributed by atoms with van der Waals surface area (Å²) in [7, 11) is 0. The second-order valence-electron chi connectivity index (χ2n) is 30.5. The molecular formula is C82H102N8O54. The number of ether oxygens (including phenoxy) is 18. The number of hydrogen-bond acceptors (Lipinski definition) is 54. The van der Waals surface area contributed by atoms with E-state index in [9.17, 15) is 134 Å². The number of hydrogen-bond donors (Lipinski definition) is 0. The Morgan fingerprint density at radius 1 is 0.174 bits per heavy atom. The average molecular weight is 2060 g/mol. The lowest BCUT2D eigenvalue weighted by Gasteiger charge is -2.33. The van der Waals surface area contributed by atoms with Gasteiger partial charge in [0.2, 0.25) is 0 Å². The SMILES string of the molecule is O=C(CC(=O)ON1C(=O)CCC1=O)OCCOCC(OCCOC(=O)CC(=O)ON1C(=O)CCC1=O)C(OCCOC(=O)CC(=O)ON1C(=O)CCC1=O)C(COCCCCOCC(OCCOCC(=O)ON1C(=O)CCC1=O)C(OCCOCC(=O)ON1C(=O)CCC1=O)C(COCCOCC(=O)ON1C(=O)CCC1=O)OCCOCC(=O)ON1C(=O)CCC1=O)OCCOC(=O)CC(=O)ON1C(=O)CCC1=O. The number of carbonyl (C=O) groups is 28. The summed E-state index contributed by atoms with van der Waals surface area (Å²) in [6, 6.07) is 0. The predicted octanol–water partition coefficient (Wildman–Crippen LogP) is -7.20. The average Bonchev–Trinajstić information content (AvgIpc) is 1.84. The van der Waals surface area contributed by atoms with Crippen LogP contribution >= 0.6 is 0 Å². The van der Waals surface area contributed by atoms with Crippen LogP contribution < -0.4 is 0 Å². The van der Waals surface area contributed by atoms with Crippen molar-refractivity contribution >= 4 is 166 Å². The summed E-state index contributed by atoms with van der Waals surface area (Å²) < 4.78 is 104. The number of rotatable bonds is 71. The smallest absolute Gasteiger partial charge is 0.358 e. The number of amides is 16. The zero-order valence-electron chi connectivity index (χ0n) is 77.0. The Labute approximate surface area is 811 Å². The Morgan fingerprint density at radius 2 is 0.326 bits per heavy atom. The minimum absolute atomic E-state index is 0.00647. The molecule has 8 aliphatic rings. The minimum atomic E-state index is -1.71. The highest BCUT2D eigenvalue weighted by Crippen LogP contribution is 2.24. The van der Waals surface area contributed by atoms with Crippen LogP contribution in [0.5, 0.6) is 0 Å². The summed E-state index contributed by atoms with van der Waals surface area (Å²) in [5.74, 6) is -29.0. The molecule has 0 spiro atoms. The Kier molecular flexibility index (Phi) is 49.1. The number of imide groups is 8. The number of esters is 4. The first-order chi connectivity index (χ1) is 69.0. The van der Waals surface area contributed by atoms with Gasteiger partial charge in [-0.3, -0.25) is 95.9 Å². The summed E-state index contributed by atoms with van der Waals surface area (Å²) in [5.41, 5.74) is 0. The van der Waals surface area contributed by atoms with Gasteiger partial charge in [-0.15, -0.1) is 40.5 Å². The Bertz CT molecular complexity index is 4570.